The first-order chi connectivity index (χ1) is 6.02. The van der Waals surface area contributed by atoms with Crippen molar-refractivity contribution in [2.45, 2.75) is 26.0 Å². The molecule has 0 unspecified atom stereocenters. The molecule has 0 aliphatic heterocycles. The Morgan fingerprint density at radius 1 is 1.46 bits per heavy atom. The van der Waals surface area contributed by atoms with Gasteiger partial charge in [-0.05, 0) is 25.5 Å². The maximum Gasteiger partial charge on any atom is 0.129 e. The number of aryl methyl sites for hydroxylation is 1. The topological polar surface area (TPSA) is 46.2 Å². The van der Waals surface area contributed by atoms with Crippen LogP contribution in [0.2, 0.25) is 0 Å². The quantitative estimate of drug-likeness (QED) is 0.730. The summed E-state index contributed by atoms with van der Waals surface area (Å²) in [6.45, 7) is 3.44. The molecule has 0 aromatic heterocycles. The van der Waals surface area contributed by atoms with Crippen molar-refractivity contribution in [3.05, 3.63) is 35.1 Å². The van der Waals surface area contributed by atoms with Crippen LogP contribution in [0.25, 0.3) is 0 Å². The third kappa shape index (κ3) is 2.26. The number of nitrogens with two attached hydrogens (primary N) is 1. The molecule has 0 spiro atoms. The van der Waals surface area contributed by atoms with Gasteiger partial charge < -0.3 is 10.8 Å². The van der Waals surface area contributed by atoms with E-state index < -0.39 is 18.0 Å². The second-order valence-corrected chi connectivity index (χ2v) is 3.33. The van der Waals surface area contributed by atoms with Gasteiger partial charge in [0.15, 0.2) is 0 Å². The normalized spacial score (nSPS) is 15.5. The fraction of sp³-hybridized carbons (Fsp3) is 0.400. The van der Waals surface area contributed by atoms with Crippen molar-refractivity contribution in [1.29, 1.82) is 0 Å². The molecule has 3 heteroatoms. The van der Waals surface area contributed by atoms with Gasteiger partial charge in [0.05, 0.1) is 6.10 Å². The highest BCUT2D eigenvalue weighted by molar-refractivity contribution is 5.25. The molecular formula is C10H14FNO. The number of hydrogen-bond acceptors (Lipinski definition) is 2. The first-order valence-electron chi connectivity index (χ1n) is 4.22. The smallest absolute Gasteiger partial charge is 0.129 e. The fourth-order valence-electron chi connectivity index (χ4n) is 1.16. The van der Waals surface area contributed by atoms with Crippen LogP contribution in [0.1, 0.15) is 24.2 Å². The summed E-state index contributed by atoms with van der Waals surface area (Å²) < 4.78 is 13.2. The first-order valence-corrected chi connectivity index (χ1v) is 4.22. The molecule has 13 heavy (non-hydrogen) atoms. The van der Waals surface area contributed by atoms with E-state index in [1.807, 2.05) is 0 Å². The van der Waals surface area contributed by atoms with Crippen molar-refractivity contribution in [2.75, 3.05) is 0 Å². The third-order valence-electron chi connectivity index (χ3n) is 1.97. The molecule has 1 aromatic rings. The van der Waals surface area contributed by atoms with E-state index >= 15 is 0 Å². The summed E-state index contributed by atoms with van der Waals surface area (Å²) >= 11 is 0. The van der Waals surface area contributed by atoms with E-state index in [-0.39, 0.29) is 5.56 Å². The van der Waals surface area contributed by atoms with Crippen LogP contribution in [-0.2, 0) is 0 Å². The maximum atomic E-state index is 13.2. The van der Waals surface area contributed by atoms with Gasteiger partial charge in [0.1, 0.15) is 5.82 Å². The predicted molar refractivity (Wildman–Crippen MR) is 49.7 cm³/mol. The van der Waals surface area contributed by atoms with E-state index in [2.05, 4.69) is 0 Å². The summed E-state index contributed by atoms with van der Waals surface area (Å²) in [5.41, 5.74) is 6.55. The van der Waals surface area contributed by atoms with Gasteiger partial charge in [-0.1, -0.05) is 12.1 Å². The highest BCUT2D eigenvalue weighted by atomic mass is 19.1. The Morgan fingerprint density at radius 3 is 2.54 bits per heavy atom. The molecule has 2 nitrogen and oxygen atoms in total. The van der Waals surface area contributed by atoms with Crippen LogP contribution < -0.4 is 5.73 Å². The minimum Gasteiger partial charge on any atom is -0.387 e. The first kappa shape index (κ1) is 10.2. The molecule has 0 saturated heterocycles. The van der Waals surface area contributed by atoms with E-state index in [9.17, 15) is 9.50 Å². The van der Waals surface area contributed by atoms with Crippen molar-refractivity contribution < 1.29 is 9.50 Å². The summed E-state index contributed by atoms with van der Waals surface area (Å²) in [6, 6.07) is 4.25. The van der Waals surface area contributed by atoms with Crippen LogP contribution in [0.15, 0.2) is 18.2 Å². The standard InChI is InChI=1S/C10H14FNO/c1-6-3-4-8(9(11)5-6)10(13)7(2)12/h3-5,7,10,13H,12H2,1-2H3/t7-,10-/m1/s1. The van der Waals surface area contributed by atoms with Crippen molar-refractivity contribution in [3.8, 4) is 0 Å². The van der Waals surface area contributed by atoms with Crippen LogP contribution in [0, 0.1) is 12.7 Å². The summed E-state index contributed by atoms with van der Waals surface area (Å²) in [7, 11) is 0. The second kappa shape index (κ2) is 3.85. The van der Waals surface area contributed by atoms with Crippen LogP contribution in [-0.4, -0.2) is 11.1 Å². The molecule has 0 fully saturated rings. The Balaban J connectivity index is 3.01. The summed E-state index contributed by atoms with van der Waals surface area (Å²) in [4.78, 5) is 0. The molecule has 1 aromatic carbocycles. The molecule has 0 aliphatic carbocycles. The van der Waals surface area contributed by atoms with Crippen molar-refractivity contribution >= 4 is 0 Å². The van der Waals surface area contributed by atoms with Crippen molar-refractivity contribution in [1.82, 2.24) is 0 Å². The van der Waals surface area contributed by atoms with Gasteiger partial charge in [-0.25, -0.2) is 4.39 Å². The number of rotatable bonds is 2. The summed E-state index contributed by atoms with van der Waals surface area (Å²) in [6.07, 6.45) is -0.930. The summed E-state index contributed by atoms with van der Waals surface area (Å²) in [5, 5.41) is 9.50. The molecule has 3 N–H and O–H groups in total. The van der Waals surface area contributed by atoms with E-state index in [1.54, 1.807) is 26.0 Å². The Bertz CT molecular complexity index is 299. The molecule has 2 atom stereocenters. The number of aliphatic hydroxyl groups is 1. The van der Waals surface area contributed by atoms with Crippen LogP contribution >= 0.6 is 0 Å². The van der Waals surface area contributed by atoms with E-state index in [4.69, 9.17) is 5.73 Å². The highest BCUT2D eigenvalue weighted by Gasteiger charge is 2.16. The van der Waals surface area contributed by atoms with Gasteiger partial charge in [-0.2, -0.15) is 0 Å². The number of hydrogen-bond donors (Lipinski definition) is 2. The van der Waals surface area contributed by atoms with Gasteiger partial charge in [-0.15, -0.1) is 0 Å². The third-order valence-corrected chi connectivity index (χ3v) is 1.97. The molecule has 0 bridgehead atoms. The van der Waals surface area contributed by atoms with Gasteiger partial charge in [0, 0.05) is 11.6 Å². The Hall–Kier alpha value is -0.930. The lowest BCUT2D eigenvalue weighted by atomic mass is 10.0. The average Bonchev–Trinajstić information content (AvgIpc) is 2.03. The largest absolute Gasteiger partial charge is 0.387 e. The maximum absolute atomic E-state index is 13.2. The molecule has 0 heterocycles. The zero-order chi connectivity index (χ0) is 10.0. The fourth-order valence-corrected chi connectivity index (χ4v) is 1.16. The summed E-state index contributed by atoms with van der Waals surface area (Å²) in [5.74, 6) is -0.398. The Kier molecular flexibility index (Phi) is 3.01. The molecule has 0 aliphatic rings. The van der Waals surface area contributed by atoms with Gasteiger partial charge in [0.2, 0.25) is 0 Å². The van der Waals surface area contributed by atoms with Gasteiger partial charge >= 0.3 is 0 Å². The Labute approximate surface area is 77.2 Å². The molecule has 1 rings (SSSR count). The highest BCUT2D eigenvalue weighted by Crippen LogP contribution is 2.19. The van der Waals surface area contributed by atoms with Crippen molar-refractivity contribution in [3.63, 3.8) is 0 Å². The van der Waals surface area contributed by atoms with E-state index in [1.165, 1.54) is 6.07 Å². The predicted octanol–water partition coefficient (Wildman–Crippen LogP) is 1.51. The SMILES string of the molecule is Cc1ccc([C@H](O)[C@@H](C)N)c(F)c1. The molecule has 0 amide bonds. The molecule has 0 saturated carbocycles. The second-order valence-electron chi connectivity index (χ2n) is 3.33. The monoisotopic (exact) mass is 183 g/mol. The zero-order valence-corrected chi connectivity index (χ0v) is 7.79. The average molecular weight is 183 g/mol. The van der Waals surface area contributed by atoms with Crippen molar-refractivity contribution in [2.24, 2.45) is 5.73 Å². The van der Waals surface area contributed by atoms with Gasteiger partial charge in [0.25, 0.3) is 0 Å². The number of benzene rings is 1. The molecule has 72 valence electrons. The number of aliphatic hydroxyl groups excluding tert-OH is 1. The molecule has 0 radical (unpaired) electrons. The van der Waals surface area contributed by atoms with Gasteiger partial charge in [-0.3, -0.25) is 0 Å². The zero-order valence-electron chi connectivity index (χ0n) is 7.79. The van der Waals surface area contributed by atoms with E-state index in [0.717, 1.165) is 5.56 Å². The minimum absolute atomic E-state index is 0.264. The Morgan fingerprint density at radius 2 is 2.08 bits per heavy atom. The van der Waals surface area contributed by atoms with Crippen LogP contribution in [0.4, 0.5) is 4.39 Å². The lowest BCUT2D eigenvalue weighted by Gasteiger charge is -2.15. The number of halogens is 1. The van der Waals surface area contributed by atoms with Crippen LogP contribution in [0.3, 0.4) is 0 Å². The van der Waals surface area contributed by atoms with Crippen LogP contribution in [0.5, 0.6) is 0 Å². The lowest BCUT2D eigenvalue weighted by Crippen LogP contribution is -2.25. The lowest BCUT2D eigenvalue weighted by molar-refractivity contribution is 0.149. The van der Waals surface area contributed by atoms with E-state index in [0.29, 0.717) is 0 Å². The molecular weight excluding hydrogens is 169 g/mol. The minimum atomic E-state index is -0.930.